The molecule has 3 rings (SSSR count). The van der Waals surface area contributed by atoms with Crippen molar-refractivity contribution in [2.24, 2.45) is 4.99 Å². The molecule has 11 heteroatoms. The molecule has 0 aromatic heterocycles. The maximum Gasteiger partial charge on any atom is 0.410 e. The van der Waals surface area contributed by atoms with E-state index in [0.29, 0.717) is 19.0 Å². The monoisotopic (exact) mass is 550 g/mol. The number of guanidine groups is 1. The third-order valence-electron chi connectivity index (χ3n) is 5.55. The van der Waals surface area contributed by atoms with Gasteiger partial charge in [-0.15, -0.1) is 24.0 Å². The molecule has 2 unspecified atom stereocenters. The van der Waals surface area contributed by atoms with Gasteiger partial charge in [-0.1, -0.05) is 0 Å². The first-order valence-corrected chi connectivity index (χ1v) is 10.8. The van der Waals surface area contributed by atoms with Gasteiger partial charge >= 0.3 is 12.1 Å². The van der Waals surface area contributed by atoms with E-state index < -0.39 is 5.60 Å². The number of aliphatic imine (C=N–C) groups is 1. The van der Waals surface area contributed by atoms with Crippen LogP contribution in [0, 0.1) is 0 Å². The molecule has 3 N–H and O–H groups in total. The van der Waals surface area contributed by atoms with E-state index in [1.807, 2.05) is 32.6 Å². The zero-order valence-electron chi connectivity index (χ0n) is 18.8. The lowest BCUT2D eigenvalue weighted by atomic mass is 9.98. The first-order valence-electron chi connectivity index (χ1n) is 10.8. The average Bonchev–Trinajstić information content (AvgIpc) is 3.11. The van der Waals surface area contributed by atoms with E-state index in [9.17, 15) is 14.4 Å². The second-order valence-corrected chi connectivity index (χ2v) is 9.05. The van der Waals surface area contributed by atoms with Crippen molar-refractivity contribution in [3.8, 4) is 0 Å². The molecule has 3 fully saturated rings. The van der Waals surface area contributed by atoms with Gasteiger partial charge < -0.3 is 25.6 Å². The third-order valence-corrected chi connectivity index (χ3v) is 5.55. The Morgan fingerprint density at radius 1 is 1.23 bits per heavy atom. The number of carbonyl (C=O) groups excluding carboxylic acids is 3. The van der Waals surface area contributed by atoms with E-state index in [4.69, 9.17) is 4.74 Å². The van der Waals surface area contributed by atoms with Crippen molar-refractivity contribution in [1.82, 2.24) is 25.8 Å². The minimum atomic E-state index is -0.496. The van der Waals surface area contributed by atoms with Gasteiger partial charge in [-0.3, -0.25) is 14.7 Å². The minimum absolute atomic E-state index is 0. The topological polar surface area (TPSA) is 115 Å². The van der Waals surface area contributed by atoms with Crippen molar-refractivity contribution in [2.45, 2.75) is 77.1 Å². The Morgan fingerprint density at radius 2 is 1.87 bits per heavy atom. The average molecular weight is 550 g/mol. The van der Waals surface area contributed by atoms with Crippen LogP contribution < -0.4 is 16.0 Å². The van der Waals surface area contributed by atoms with E-state index in [1.54, 1.807) is 0 Å². The molecule has 0 saturated carbocycles. The summed E-state index contributed by atoms with van der Waals surface area (Å²) >= 11 is 0. The van der Waals surface area contributed by atoms with Crippen LogP contribution >= 0.6 is 24.0 Å². The summed E-state index contributed by atoms with van der Waals surface area (Å²) in [4.78, 5) is 43.5. The Balaban J connectivity index is 0.00000341. The van der Waals surface area contributed by atoms with Crippen molar-refractivity contribution in [2.75, 3.05) is 26.2 Å². The summed E-state index contributed by atoms with van der Waals surface area (Å²) in [5, 5.41) is 9.20. The first kappa shape index (κ1) is 25.5. The van der Waals surface area contributed by atoms with Gasteiger partial charge in [0.2, 0.25) is 5.91 Å². The molecule has 2 atom stereocenters. The fourth-order valence-electron chi connectivity index (χ4n) is 4.36. The van der Waals surface area contributed by atoms with Crippen LogP contribution in [0.2, 0.25) is 0 Å². The lowest BCUT2D eigenvalue weighted by Crippen LogP contribution is -2.55. The number of nitrogens with one attached hydrogen (secondary N) is 3. The van der Waals surface area contributed by atoms with Crippen LogP contribution in [-0.4, -0.2) is 83.7 Å². The van der Waals surface area contributed by atoms with Crippen LogP contribution in [-0.2, 0) is 9.53 Å². The van der Waals surface area contributed by atoms with Crippen LogP contribution in [0.1, 0.15) is 53.4 Å². The van der Waals surface area contributed by atoms with E-state index in [2.05, 4.69) is 20.9 Å². The number of amides is 4. The summed E-state index contributed by atoms with van der Waals surface area (Å²) in [5.74, 6) is 0.443. The number of rotatable bonds is 5. The third kappa shape index (κ3) is 6.59. The van der Waals surface area contributed by atoms with Gasteiger partial charge in [0, 0.05) is 24.7 Å². The van der Waals surface area contributed by atoms with E-state index in [-0.39, 0.29) is 73.2 Å². The quantitative estimate of drug-likeness (QED) is 0.208. The van der Waals surface area contributed by atoms with Gasteiger partial charge in [-0.25, -0.2) is 9.59 Å². The predicted molar refractivity (Wildman–Crippen MR) is 128 cm³/mol. The summed E-state index contributed by atoms with van der Waals surface area (Å²) in [6, 6.07) is 0.185. The predicted octanol–water partition coefficient (Wildman–Crippen LogP) is 1.64. The zero-order chi connectivity index (χ0) is 21.9. The maximum absolute atomic E-state index is 12.6. The Kier molecular flexibility index (Phi) is 8.78. The Hall–Kier alpha value is -1.79. The van der Waals surface area contributed by atoms with Crippen molar-refractivity contribution in [1.29, 1.82) is 0 Å². The number of fused-ring (bicyclic) bond motifs is 2. The van der Waals surface area contributed by atoms with Gasteiger partial charge in [-0.05, 0) is 53.4 Å². The second-order valence-electron chi connectivity index (χ2n) is 9.05. The van der Waals surface area contributed by atoms with Gasteiger partial charge in [0.05, 0.1) is 19.6 Å². The van der Waals surface area contributed by atoms with E-state index >= 15 is 0 Å². The standard InChI is InChI=1S/C20H34N6O4.HI/c1-5-21-17(22-8-9-25-16(27)12-23-18(25)28)24-13-10-14-6-7-15(11-13)26(14)19(29)30-20(2,3)4;/h13-15H,5-12H2,1-4H3,(H,23,28)(H2,21,22,24);1H. The number of carbonyl (C=O) groups is 3. The molecule has 3 saturated heterocycles. The number of hydrogen-bond acceptors (Lipinski definition) is 5. The molecule has 0 radical (unpaired) electrons. The Labute approximate surface area is 200 Å². The Morgan fingerprint density at radius 3 is 2.39 bits per heavy atom. The molecule has 0 spiro atoms. The number of piperidine rings is 1. The van der Waals surface area contributed by atoms with Crippen LogP contribution in [0.25, 0.3) is 0 Å². The fourth-order valence-corrected chi connectivity index (χ4v) is 4.36. The van der Waals surface area contributed by atoms with Crippen LogP contribution in [0.5, 0.6) is 0 Å². The molecule has 0 aliphatic carbocycles. The zero-order valence-corrected chi connectivity index (χ0v) is 21.1. The molecule has 4 amide bonds. The molecule has 0 aromatic carbocycles. The number of urea groups is 1. The lowest BCUT2D eigenvalue weighted by molar-refractivity contribution is -0.124. The number of hydrogen-bond donors (Lipinski definition) is 3. The SMILES string of the molecule is CCNC(=NCCN1C(=O)CNC1=O)NC1CC2CCC(C1)N2C(=O)OC(C)(C)C.I. The lowest BCUT2D eigenvalue weighted by Gasteiger charge is -2.40. The van der Waals surface area contributed by atoms with Crippen molar-refractivity contribution in [3.63, 3.8) is 0 Å². The summed E-state index contributed by atoms with van der Waals surface area (Å²) < 4.78 is 5.60. The smallest absolute Gasteiger partial charge is 0.410 e. The minimum Gasteiger partial charge on any atom is -0.444 e. The number of nitrogens with zero attached hydrogens (tertiary/aromatic N) is 3. The highest BCUT2D eigenvalue weighted by Gasteiger charge is 2.45. The number of halogens is 1. The summed E-state index contributed by atoms with van der Waals surface area (Å²) in [6.07, 6.45) is 3.44. The van der Waals surface area contributed by atoms with E-state index in [1.165, 1.54) is 4.90 Å². The molecule has 3 aliphatic heterocycles. The molecular weight excluding hydrogens is 515 g/mol. The molecule has 10 nitrogen and oxygen atoms in total. The number of imide groups is 1. The highest BCUT2D eigenvalue weighted by Crippen LogP contribution is 2.36. The summed E-state index contributed by atoms with van der Waals surface area (Å²) in [7, 11) is 0. The van der Waals surface area contributed by atoms with Crippen LogP contribution in [0.4, 0.5) is 9.59 Å². The Bertz CT molecular complexity index is 680. The van der Waals surface area contributed by atoms with Gasteiger partial charge in [0.15, 0.2) is 5.96 Å². The normalized spacial score (nSPS) is 25.8. The maximum atomic E-state index is 12.6. The first-order chi connectivity index (χ1) is 14.2. The van der Waals surface area contributed by atoms with Gasteiger partial charge in [0.1, 0.15) is 5.60 Å². The van der Waals surface area contributed by atoms with Crippen molar-refractivity contribution < 1.29 is 19.1 Å². The van der Waals surface area contributed by atoms with Gasteiger partial charge in [-0.2, -0.15) is 0 Å². The van der Waals surface area contributed by atoms with Crippen LogP contribution in [0.3, 0.4) is 0 Å². The number of ether oxygens (including phenoxy) is 1. The van der Waals surface area contributed by atoms with Crippen LogP contribution in [0.15, 0.2) is 4.99 Å². The fraction of sp³-hybridized carbons (Fsp3) is 0.800. The highest BCUT2D eigenvalue weighted by atomic mass is 127. The van der Waals surface area contributed by atoms with Crippen molar-refractivity contribution >= 4 is 48.0 Å². The molecule has 2 bridgehead atoms. The molecular formula is C20H35IN6O4. The van der Waals surface area contributed by atoms with Crippen molar-refractivity contribution in [3.05, 3.63) is 0 Å². The molecule has 3 heterocycles. The summed E-state index contributed by atoms with van der Waals surface area (Å²) in [6.45, 7) is 9.00. The molecule has 176 valence electrons. The molecule has 0 aromatic rings. The molecule has 31 heavy (non-hydrogen) atoms. The largest absolute Gasteiger partial charge is 0.444 e. The second kappa shape index (κ2) is 10.7. The summed E-state index contributed by atoms with van der Waals surface area (Å²) in [5.41, 5.74) is -0.496. The highest BCUT2D eigenvalue weighted by molar-refractivity contribution is 14.0. The van der Waals surface area contributed by atoms with E-state index in [0.717, 1.165) is 25.7 Å². The molecule has 3 aliphatic rings. The van der Waals surface area contributed by atoms with Gasteiger partial charge in [0.25, 0.3) is 0 Å².